The van der Waals surface area contributed by atoms with Crippen LogP contribution in [0.3, 0.4) is 0 Å². The Hall–Kier alpha value is -2.15. The monoisotopic (exact) mass is 273 g/mol. The number of aryl methyl sites for hydroxylation is 1. The number of nitrogens with zero attached hydrogens (tertiary/aromatic N) is 5. The molecular formula is C12H11N5OS. The maximum Gasteiger partial charge on any atom is 0.277 e. The van der Waals surface area contributed by atoms with Gasteiger partial charge in [-0.1, -0.05) is 30.0 Å². The minimum atomic E-state index is 0.529. The molecule has 3 rings (SSSR count). The van der Waals surface area contributed by atoms with Gasteiger partial charge in [0.2, 0.25) is 5.89 Å². The first kappa shape index (κ1) is 11.9. The predicted octanol–water partition coefficient (Wildman–Crippen LogP) is 2.16. The van der Waals surface area contributed by atoms with Crippen molar-refractivity contribution in [3.05, 3.63) is 42.5 Å². The largest absolute Gasteiger partial charge is 0.411 e. The third kappa shape index (κ3) is 2.65. The maximum atomic E-state index is 5.59. The van der Waals surface area contributed by atoms with E-state index in [9.17, 15) is 0 Å². The zero-order valence-corrected chi connectivity index (χ0v) is 11.0. The molecule has 0 aliphatic heterocycles. The van der Waals surface area contributed by atoms with Gasteiger partial charge >= 0.3 is 0 Å². The van der Waals surface area contributed by atoms with Gasteiger partial charge in [0.1, 0.15) is 12.2 Å². The Morgan fingerprint density at radius 1 is 1.21 bits per heavy atom. The summed E-state index contributed by atoms with van der Waals surface area (Å²) in [6, 6.07) is 9.69. The van der Waals surface area contributed by atoms with E-state index in [1.807, 2.05) is 37.4 Å². The van der Waals surface area contributed by atoms with Gasteiger partial charge in [-0.05, 0) is 12.1 Å². The van der Waals surface area contributed by atoms with Crippen LogP contribution in [0.25, 0.3) is 11.5 Å². The highest BCUT2D eigenvalue weighted by Gasteiger charge is 2.10. The van der Waals surface area contributed by atoms with Crippen molar-refractivity contribution >= 4 is 11.8 Å². The molecule has 3 aromatic rings. The quantitative estimate of drug-likeness (QED) is 0.678. The predicted molar refractivity (Wildman–Crippen MR) is 70.3 cm³/mol. The average molecular weight is 273 g/mol. The summed E-state index contributed by atoms with van der Waals surface area (Å²) < 4.78 is 7.31. The van der Waals surface area contributed by atoms with Crippen LogP contribution in [-0.4, -0.2) is 25.0 Å². The van der Waals surface area contributed by atoms with Crippen molar-refractivity contribution in [3.8, 4) is 11.5 Å². The van der Waals surface area contributed by atoms with Crippen LogP contribution in [0.15, 0.2) is 46.3 Å². The van der Waals surface area contributed by atoms with E-state index < -0.39 is 0 Å². The molecule has 0 N–H and O–H groups in total. The second-order valence-electron chi connectivity index (χ2n) is 3.83. The fourth-order valence-corrected chi connectivity index (χ4v) is 2.29. The van der Waals surface area contributed by atoms with Crippen molar-refractivity contribution in [2.45, 2.75) is 11.0 Å². The van der Waals surface area contributed by atoms with Gasteiger partial charge in [-0.2, -0.15) is 5.10 Å². The maximum absolute atomic E-state index is 5.59. The van der Waals surface area contributed by atoms with Crippen LogP contribution in [0.5, 0.6) is 0 Å². The van der Waals surface area contributed by atoms with Crippen LogP contribution in [0, 0.1) is 0 Å². The highest BCUT2D eigenvalue weighted by atomic mass is 32.2. The van der Waals surface area contributed by atoms with Gasteiger partial charge in [0.25, 0.3) is 5.22 Å². The lowest BCUT2D eigenvalue weighted by molar-refractivity contribution is 0.465. The summed E-state index contributed by atoms with van der Waals surface area (Å²) in [5.41, 5.74) is 0.917. The molecular weight excluding hydrogens is 262 g/mol. The Labute approximate surface area is 113 Å². The van der Waals surface area contributed by atoms with Gasteiger partial charge in [-0.3, -0.25) is 4.68 Å². The Morgan fingerprint density at radius 2 is 2.05 bits per heavy atom. The van der Waals surface area contributed by atoms with E-state index in [1.165, 1.54) is 18.1 Å². The molecule has 0 saturated heterocycles. The van der Waals surface area contributed by atoms with Crippen LogP contribution in [0.4, 0.5) is 0 Å². The Morgan fingerprint density at radius 3 is 2.79 bits per heavy atom. The molecule has 2 heterocycles. The molecule has 96 valence electrons. The van der Waals surface area contributed by atoms with E-state index in [-0.39, 0.29) is 0 Å². The summed E-state index contributed by atoms with van der Waals surface area (Å²) >= 11 is 1.44. The molecule has 0 fully saturated rings. The van der Waals surface area contributed by atoms with Crippen LogP contribution in [-0.2, 0) is 12.8 Å². The summed E-state index contributed by atoms with van der Waals surface area (Å²) in [6.07, 6.45) is 1.53. The standard InChI is InChI=1S/C12H11N5OS/c1-17-10(13-8-14-17)7-19-12-16-15-11(18-12)9-5-3-2-4-6-9/h2-6,8H,7H2,1H3. The van der Waals surface area contributed by atoms with Crippen molar-refractivity contribution < 1.29 is 4.42 Å². The summed E-state index contributed by atoms with van der Waals surface area (Å²) in [4.78, 5) is 4.14. The molecule has 0 radical (unpaired) electrons. The highest BCUT2D eigenvalue weighted by Crippen LogP contribution is 2.24. The second-order valence-corrected chi connectivity index (χ2v) is 4.75. The molecule has 0 aliphatic carbocycles. The van der Waals surface area contributed by atoms with Crippen molar-refractivity contribution in [2.75, 3.05) is 0 Å². The third-order valence-corrected chi connectivity index (χ3v) is 3.37. The third-order valence-electron chi connectivity index (χ3n) is 2.56. The topological polar surface area (TPSA) is 69.6 Å². The number of thioether (sulfide) groups is 1. The lowest BCUT2D eigenvalue weighted by Crippen LogP contribution is -1.97. The summed E-state index contributed by atoms with van der Waals surface area (Å²) in [5.74, 6) is 2.04. The zero-order valence-electron chi connectivity index (χ0n) is 10.2. The summed E-state index contributed by atoms with van der Waals surface area (Å²) in [6.45, 7) is 0. The number of hydrogen-bond donors (Lipinski definition) is 0. The SMILES string of the molecule is Cn1ncnc1CSc1nnc(-c2ccccc2)o1. The smallest absolute Gasteiger partial charge is 0.277 e. The van der Waals surface area contributed by atoms with E-state index in [2.05, 4.69) is 20.3 Å². The van der Waals surface area contributed by atoms with Crippen molar-refractivity contribution in [2.24, 2.45) is 7.05 Å². The summed E-state index contributed by atoms with van der Waals surface area (Å²) in [5, 5.41) is 12.6. The summed E-state index contributed by atoms with van der Waals surface area (Å²) in [7, 11) is 1.85. The van der Waals surface area contributed by atoms with Crippen LogP contribution in [0.1, 0.15) is 5.82 Å². The molecule has 0 bridgehead atoms. The molecule has 7 heteroatoms. The first-order valence-corrected chi connectivity index (χ1v) is 6.66. The molecule has 0 aliphatic rings. The van der Waals surface area contributed by atoms with Gasteiger partial charge in [0.15, 0.2) is 0 Å². The van der Waals surface area contributed by atoms with Crippen molar-refractivity contribution in [1.29, 1.82) is 0 Å². The molecule has 0 spiro atoms. The van der Waals surface area contributed by atoms with Crippen LogP contribution >= 0.6 is 11.8 Å². The molecule has 0 atom stereocenters. The number of hydrogen-bond acceptors (Lipinski definition) is 6. The van der Waals surface area contributed by atoms with E-state index >= 15 is 0 Å². The Bertz CT molecular complexity index is 664. The zero-order chi connectivity index (χ0) is 13.1. The Balaban J connectivity index is 1.70. The first-order valence-electron chi connectivity index (χ1n) is 5.67. The molecule has 0 saturated carbocycles. The van der Waals surface area contributed by atoms with Gasteiger partial charge in [0, 0.05) is 12.6 Å². The van der Waals surface area contributed by atoms with Gasteiger partial charge in [-0.25, -0.2) is 4.98 Å². The van der Waals surface area contributed by atoms with E-state index in [1.54, 1.807) is 4.68 Å². The molecule has 2 aromatic heterocycles. The number of aromatic nitrogens is 5. The second kappa shape index (κ2) is 5.23. The van der Waals surface area contributed by atoms with E-state index in [0.717, 1.165) is 11.4 Å². The molecule has 0 amide bonds. The van der Waals surface area contributed by atoms with E-state index in [4.69, 9.17) is 4.42 Å². The molecule has 1 aromatic carbocycles. The van der Waals surface area contributed by atoms with Crippen molar-refractivity contribution in [1.82, 2.24) is 25.0 Å². The van der Waals surface area contributed by atoms with Crippen LogP contribution in [0.2, 0.25) is 0 Å². The molecule has 19 heavy (non-hydrogen) atoms. The minimum Gasteiger partial charge on any atom is -0.411 e. The normalized spacial score (nSPS) is 10.8. The fourth-order valence-electron chi connectivity index (χ4n) is 1.54. The van der Waals surface area contributed by atoms with Gasteiger partial charge < -0.3 is 4.42 Å². The lowest BCUT2D eigenvalue weighted by atomic mass is 10.2. The Kier molecular flexibility index (Phi) is 3.28. The molecule has 6 nitrogen and oxygen atoms in total. The number of rotatable bonds is 4. The number of benzene rings is 1. The average Bonchev–Trinajstić information content (AvgIpc) is 3.06. The van der Waals surface area contributed by atoms with Crippen molar-refractivity contribution in [3.63, 3.8) is 0 Å². The van der Waals surface area contributed by atoms with Gasteiger partial charge in [0.05, 0.1) is 5.75 Å². The lowest BCUT2D eigenvalue weighted by Gasteiger charge is -1.96. The fraction of sp³-hybridized carbons (Fsp3) is 0.167. The van der Waals surface area contributed by atoms with Gasteiger partial charge in [-0.15, -0.1) is 10.2 Å². The van der Waals surface area contributed by atoms with E-state index in [0.29, 0.717) is 16.9 Å². The molecule has 0 unspecified atom stereocenters. The highest BCUT2D eigenvalue weighted by molar-refractivity contribution is 7.98. The minimum absolute atomic E-state index is 0.529. The van der Waals surface area contributed by atoms with Crippen LogP contribution < -0.4 is 0 Å². The first-order chi connectivity index (χ1) is 9.33.